The normalized spacial score (nSPS) is 17.0. The number of nitrogens with zero attached hydrogens (tertiary/aromatic N) is 4. The minimum atomic E-state index is 0. The molecule has 6 nitrogen and oxygen atoms in total. The number of anilines is 1. The zero-order valence-electron chi connectivity index (χ0n) is 17.9. The molecule has 0 aliphatic carbocycles. The molecule has 0 spiro atoms. The summed E-state index contributed by atoms with van der Waals surface area (Å²) >= 11 is 0. The van der Waals surface area contributed by atoms with Gasteiger partial charge in [0.1, 0.15) is 5.82 Å². The van der Waals surface area contributed by atoms with Crippen LogP contribution in [0.2, 0.25) is 0 Å². The molecule has 29 heavy (non-hydrogen) atoms. The Balaban J connectivity index is 0.00000300. The van der Waals surface area contributed by atoms with Gasteiger partial charge in [-0.1, -0.05) is 17.7 Å². The summed E-state index contributed by atoms with van der Waals surface area (Å²) in [5, 5.41) is 7.08. The van der Waals surface area contributed by atoms with Crippen molar-refractivity contribution in [3.05, 3.63) is 48.0 Å². The smallest absolute Gasteiger partial charge is 0.191 e. The highest BCUT2D eigenvalue weighted by atomic mass is 127. The lowest BCUT2D eigenvalue weighted by Gasteiger charge is -2.35. The highest BCUT2D eigenvalue weighted by Gasteiger charge is 2.20. The van der Waals surface area contributed by atoms with E-state index in [-0.39, 0.29) is 24.0 Å². The molecule has 3 rings (SSSR count). The standard InChI is InChI=1S/C22H34N6.HI/c1-18-8-10-21(11-9-18)28-15-6-7-20(17-28)26-22(23-3)25-12-4-5-14-27-16-13-24-19(27)2;/h8-11,13,16,20H,4-7,12,14-15,17H2,1-3H3,(H2,23,25,26);1H. The fourth-order valence-electron chi connectivity index (χ4n) is 3.73. The van der Waals surface area contributed by atoms with Gasteiger partial charge >= 0.3 is 0 Å². The maximum Gasteiger partial charge on any atom is 0.191 e. The first-order valence-corrected chi connectivity index (χ1v) is 10.4. The molecule has 1 fully saturated rings. The van der Waals surface area contributed by atoms with Crippen molar-refractivity contribution in [2.45, 2.75) is 52.1 Å². The van der Waals surface area contributed by atoms with Crippen LogP contribution in [0.4, 0.5) is 5.69 Å². The van der Waals surface area contributed by atoms with Crippen molar-refractivity contribution in [3.63, 3.8) is 0 Å². The third-order valence-corrected chi connectivity index (χ3v) is 5.43. The molecule has 1 atom stereocenters. The Bertz CT molecular complexity index is 755. The molecule has 1 unspecified atom stereocenters. The molecule has 1 aliphatic heterocycles. The van der Waals surface area contributed by atoms with Crippen LogP contribution in [0.3, 0.4) is 0 Å². The summed E-state index contributed by atoms with van der Waals surface area (Å²) < 4.78 is 2.20. The summed E-state index contributed by atoms with van der Waals surface area (Å²) in [5.74, 6) is 2.00. The molecule has 2 heterocycles. The van der Waals surface area contributed by atoms with Crippen LogP contribution >= 0.6 is 24.0 Å². The molecule has 1 saturated heterocycles. The fourth-order valence-corrected chi connectivity index (χ4v) is 3.73. The first-order chi connectivity index (χ1) is 13.7. The molecule has 0 bridgehead atoms. The lowest BCUT2D eigenvalue weighted by Crippen LogP contribution is -2.51. The number of halogens is 1. The van der Waals surface area contributed by atoms with Crippen molar-refractivity contribution in [1.82, 2.24) is 20.2 Å². The second kappa shape index (κ2) is 12.0. The van der Waals surface area contributed by atoms with Crippen molar-refractivity contribution in [1.29, 1.82) is 0 Å². The number of benzene rings is 1. The number of aromatic nitrogens is 2. The van der Waals surface area contributed by atoms with E-state index in [2.05, 4.69) is 61.3 Å². The Kier molecular flexibility index (Phi) is 9.76. The molecule has 1 aromatic carbocycles. The van der Waals surface area contributed by atoms with Gasteiger partial charge in [0.25, 0.3) is 0 Å². The Hall–Kier alpha value is -1.77. The monoisotopic (exact) mass is 510 g/mol. The van der Waals surface area contributed by atoms with Gasteiger partial charge < -0.3 is 20.1 Å². The van der Waals surface area contributed by atoms with Crippen molar-refractivity contribution in [3.8, 4) is 0 Å². The Labute approximate surface area is 192 Å². The minimum absolute atomic E-state index is 0. The average Bonchev–Trinajstić information content (AvgIpc) is 3.12. The molecular weight excluding hydrogens is 475 g/mol. The van der Waals surface area contributed by atoms with Crippen LogP contribution in [0.25, 0.3) is 0 Å². The van der Waals surface area contributed by atoms with Crippen molar-refractivity contribution >= 4 is 35.6 Å². The average molecular weight is 510 g/mol. The first kappa shape index (κ1) is 23.5. The zero-order valence-corrected chi connectivity index (χ0v) is 20.2. The molecule has 2 aromatic rings. The fraction of sp³-hybridized carbons (Fsp3) is 0.545. The van der Waals surface area contributed by atoms with E-state index in [0.717, 1.165) is 50.8 Å². The highest BCUT2D eigenvalue weighted by molar-refractivity contribution is 14.0. The number of aryl methyl sites for hydroxylation is 3. The number of piperidine rings is 1. The molecule has 7 heteroatoms. The van der Waals surface area contributed by atoms with E-state index in [1.54, 1.807) is 0 Å². The number of unbranched alkanes of at least 4 members (excludes halogenated alkanes) is 1. The van der Waals surface area contributed by atoms with E-state index in [9.17, 15) is 0 Å². The Morgan fingerprint density at radius 1 is 1.21 bits per heavy atom. The highest BCUT2D eigenvalue weighted by Crippen LogP contribution is 2.20. The number of hydrogen-bond acceptors (Lipinski definition) is 3. The molecule has 0 radical (unpaired) electrons. The lowest BCUT2D eigenvalue weighted by molar-refractivity contribution is 0.467. The van der Waals surface area contributed by atoms with Gasteiger partial charge in [-0.2, -0.15) is 0 Å². The van der Waals surface area contributed by atoms with Crippen LogP contribution in [0.15, 0.2) is 41.7 Å². The van der Waals surface area contributed by atoms with E-state index in [1.165, 1.54) is 24.1 Å². The summed E-state index contributed by atoms with van der Waals surface area (Å²) in [6.07, 6.45) is 8.54. The van der Waals surface area contributed by atoms with Crippen LogP contribution < -0.4 is 15.5 Å². The summed E-state index contributed by atoms with van der Waals surface area (Å²) in [6, 6.07) is 9.27. The number of aliphatic imine (C=N–C) groups is 1. The van der Waals surface area contributed by atoms with Gasteiger partial charge in [-0.15, -0.1) is 24.0 Å². The van der Waals surface area contributed by atoms with Crippen molar-refractivity contribution in [2.24, 2.45) is 4.99 Å². The van der Waals surface area contributed by atoms with Gasteiger partial charge in [0, 0.05) is 57.3 Å². The van der Waals surface area contributed by atoms with Crippen molar-refractivity contribution in [2.75, 3.05) is 31.6 Å². The second-order valence-electron chi connectivity index (χ2n) is 7.64. The largest absolute Gasteiger partial charge is 0.369 e. The van der Waals surface area contributed by atoms with Crippen LogP contribution in [0, 0.1) is 13.8 Å². The van der Waals surface area contributed by atoms with Crippen molar-refractivity contribution < 1.29 is 0 Å². The summed E-state index contributed by atoms with van der Waals surface area (Å²) in [4.78, 5) is 11.2. The predicted octanol–water partition coefficient (Wildman–Crippen LogP) is 3.73. The predicted molar refractivity (Wildman–Crippen MR) is 133 cm³/mol. The van der Waals surface area contributed by atoms with Gasteiger partial charge in [-0.25, -0.2) is 4.98 Å². The molecule has 1 aromatic heterocycles. The van der Waals surface area contributed by atoms with E-state index in [4.69, 9.17) is 0 Å². The molecule has 0 amide bonds. The molecule has 0 saturated carbocycles. The maximum absolute atomic E-state index is 4.41. The third-order valence-electron chi connectivity index (χ3n) is 5.43. The summed E-state index contributed by atoms with van der Waals surface area (Å²) in [7, 11) is 1.85. The number of nitrogens with one attached hydrogen (secondary N) is 2. The van der Waals surface area contributed by atoms with Crippen LogP contribution in [0.5, 0.6) is 0 Å². The van der Waals surface area contributed by atoms with E-state index < -0.39 is 0 Å². The quantitative estimate of drug-likeness (QED) is 0.258. The van der Waals surface area contributed by atoms with Gasteiger partial charge in [-0.3, -0.25) is 4.99 Å². The van der Waals surface area contributed by atoms with E-state index in [1.807, 2.05) is 26.4 Å². The van der Waals surface area contributed by atoms with Gasteiger partial charge in [0.05, 0.1) is 0 Å². The Morgan fingerprint density at radius 2 is 2.00 bits per heavy atom. The van der Waals surface area contributed by atoms with Gasteiger partial charge in [0.15, 0.2) is 5.96 Å². The summed E-state index contributed by atoms with van der Waals surface area (Å²) in [5.41, 5.74) is 2.62. The maximum atomic E-state index is 4.41. The zero-order chi connectivity index (χ0) is 19.8. The van der Waals surface area contributed by atoms with E-state index >= 15 is 0 Å². The Morgan fingerprint density at radius 3 is 2.69 bits per heavy atom. The molecule has 1 aliphatic rings. The minimum Gasteiger partial charge on any atom is -0.369 e. The van der Waals surface area contributed by atoms with Crippen LogP contribution in [-0.4, -0.2) is 48.2 Å². The number of hydrogen-bond donors (Lipinski definition) is 2. The van der Waals surface area contributed by atoms with E-state index in [0.29, 0.717) is 6.04 Å². The third kappa shape index (κ3) is 7.21. The second-order valence-corrected chi connectivity index (χ2v) is 7.64. The molecule has 160 valence electrons. The van der Waals surface area contributed by atoms with Gasteiger partial charge in [0.2, 0.25) is 0 Å². The number of guanidine groups is 1. The SMILES string of the molecule is CN=C(NCCCCn1ccnc1C)NC1CCCN(c2ccc(C)cc2)C1.I. The topological polar surface area (TPSA) is 57.5 Å². The molecule has 2 N–H and O–H groups in total. The number of imidazole rings is 1. The number of rotatable bonds is 7. The van der Waals surface area contributed by atoms with Gasteiger partial charge in [-0.05, 0) is 51.7 Å². The molecular formula is C22H35IN6. The lowest BCUT2D eigenvalue weighted by atomic mass is 10.0. The van der Waals surface area contributed by atoms with Crippen LogP contribution in [0.1, 0.15) is 37.1 Å². The summed E-state index contributed by atoms with van der Waals surface area (Å²) in [6.45, 7) is 8.28. The van der Waals surface area contributed by atoms with Crippen LogP contribution in [-0.2, 0) is 6.54 Å². The first-order valence-electron chi connectivity index (χ1n) is 10.4.